The van der Waals surface area contributed by atoms with Crippen molar-refractivity contribution in [2.45, 2.75) is 49.1 Å². The number of nitrogens with zero attached hydrogens (tertiary/aromatic N) is 2. The summed E-state index contributed by atoms with van der Waals surface area (Å²) < 4.78 is 33.1. The Morgan fingerprint density at radius 1 is 1.11 bits per heavy atom. The molecule has 2 N–H and O–H groups in total. The van der Waals surface area contributed by atoms with Gasteiger partial charge in [0.05, 0.1) is 11.0 Å². The summed E-state index contributed by atoms with van der Waals surface area (Å²) in [4.78, 5) is 15.1. The number of ether oxygens (including phenoxy) is 1. The van der Waals surface area contributed by atoms with Gasteiger partial charge in [-0.2, -0.15) is 4.31 Å². The Kier molecular flexibility index (Phi) is 6.86. The van der Waals surface area contributed by atoms with Crippen LogP contribution in [0.5, 0.6) is 0 Å². The molecule has 1 unspecified atom stereocenters. The molecular formula is C19H29N3O4S. The molecule has 2 aliphatic heterocycles. The Morgan fingerprint density at radius 3 is 2.48 bits per heavy atom. The van der Waals surface area contributed by atoms with Crippen molar-refractivity contribution in [3.8, 4) is 0 Å². The number of benzene rings is 1. The van der Waals surface area contributed by atoms with Gasteiger partial charge in [0.15, 0.2) is 0 Å². The molecule has 0 spiro atoms. The van der Waals surface area contributed by atoms with Crippen LogP contribution in [0.3, 0.4) is 0 Å². The molecule has 150 valence electrons. The van der Waals surface area contributed by atoms with Crippen LogP contribution in [0.2, 0.25) is 0 Å². The van der Waals surface area contributed by atoms with Gasteiger partial charge in [0.1, 0.15) is 6.04 Å². The standard InChI is InChI=1S/C19H29N3O4S/c20-11-5-15-26-16-9-13-21(14-10-16)19(23)18-8-4-12-22(18)27(24,25)17-6-2-1-3-7-17/h1-3,6-7,16,18H,4-5,8-15,20H2. The number of sulfonamides is 1. The summed E-state index contributed by atoms with van der Waals surface area (Å²) in [6, 6.07) is 7.76. The molecule has 7 nitrogen and oxygen atoms in total. The van der Waals surface area contributed by atoms with Crippen LogP contribution in [0.15, 0.2) is 35.2 Å². The number of amides is 1. The van der Waals surface area contributed by atoms with E-state index in [1.807, 2.05) is 0 Å². The Bertz CT molecular complexity index is 718. The van der Waals surface area contributed by atoms with Gasteiger partial charge in [-0.05, 0) is 50.8 Å². The molecule has 27 heavy (non-hydrogen) atoms. The molecule has 1 amide bonds. The van der Waals surface area contributed by atoms with Crippen molar-refractivity contribution >= 4 is 15.9 Å². The number of hydrogen-bond donors (Lipinski definition) is 1. The lowest BCUT2D eigenvalue weighted by Crippen LogP contribution is -2.50. The molecule has 2 heterocycles. The van der Waals surface area contributed by atoms with Crippen LogP contribution in [-0.4, -0.2) is 68.5 Å². The second-order valence-electron chi connectivity index (χ2n) is 7.12. The third-order valence-electron chi connectivity index (χ3n) is 5.29. The highest BCUT2D eigenvalue weighted by molar-refractivity contribution is 7.89. The van der Waals surface area contributed by atoms with Gasteiger partial charge in [0, 0.05) is 26.2 Å². The maximum absolute atomic E-state index is 13.0. The molecule has 0 aromatic heterocycles. The number of nitrogens with two attached hydrogens (primary N) is 1. The minimum absolute atomic E-state index is 0.0765. The van der Waals surface area contributed by atoms with Gasteiger partial charge >= 0.3 is 0 Å². The van der Waals surface area contributed by atoms with Crippen LogP contribution in [-0.2, 0) is 19.6 Å². The van der Waals surface area contributed by atoms with Crippen LogP contribution in [0, 0.1) is 0 Å². The lowest BCUT2D eigenvalue weighted by Gasteiger charge is -2.35. The Balaban J connectivity index is 1.61. The van der Waals surface area contributed by atoms with Crippen LogP contribution < -0.4 is 5.73 Å². The second-order valence-corrected chi connectivity index (χ2v) is 9.02. The normalized spacial score (nSPS) is 22.3. The van der Waals surface area contributed by atoms with Crippen molar-refractivity contribution in [2.24, 2.45) is 5.73 Å². The van der Waals surface area contributed by atoms with E-state index in [4.69, 9.17) is 10.5 Å². The minimum atomic E-state index is -3.65. The largest absolute Gasteiger partial charge is 0.378 e. The zero-order valence-electron chi connectivity index (χ0n) is 15.6. The molecule has 1 atom stereocenters. The zero-order chi connectivity index (χ0) is 19.3. The van der Waals surface area contributed by atoms with Gasteiger partial charge in [-0.3, -0.25) is 4.79 Å². The highest BCUT2D eigenvalue weighted by Crippen LogP contribution is 2.28. The van der Waals surface area contributed by atoms with E-state index in [1.165, 1.54) is 4.31 Å². The molecule has 3 rings (SSSR count). The molecule has 2 fully saturated rings. The van der Waals surface area contributed by atoms with Crippen LogP contribution >= 0.6 is 0 Å². The number of carbonyl (C=O) groups excluding carboxylic acids is 1. The van der Waals surface area contributed by atoms with Crippen molar-refractivity contribution in [2.75, 3.05) is 32.8 Å². The maximum Gasteiger partial charge on any atom is 0.243 e. The van der Waals surface area contributed by atoms with E-state index in [9.17, 15) is 13.2 Å². The molecule has 0 saturated carbocycles. The average Bonchev–Trinajstić information content (AvgIpc) is 3.20. The Hall–Kier alpha value is -1.48. The summed E-state index contributed by atoms with van der Waals surface area (Å²) in [6.07, 6.45) is 3.86. The van der Waals surface area contributed by atoms with Crippen LogP contribution in [0.25, 0.3) is 0 Å². The molecule has 2 saturated heterocycles. The van der Waals surface area contributed by atoms with E-state index in [1.54, 1.807) is 35.2 Å². The number of carbonyl (C=O) groups is 1. The quantitative estimate of drug-likeness (QED) is 0.700. The highest BCUT2D eigenvalue weighted by atomic mass is 32.2. The smallest absolute Gasteiger partial charge is 0.243 e. The fourth-order valence-electron chi connectivity index (χ4n) is 3.79. The van der Waals surface area contributed by atoms with E-state index < -0.39 is 16.1 Å². The predicted molar refractivity (Wildman–Crippen MR) is 103 cm³/mol. The minimum Gasteiger partial charge on any atom is -0.378 e. The fourth-order valence-corrected chi connectivity index (χ4v) is 5.46. The summed E-state index contributed by atoms with van der Waals surface area (Å²) in [5.41, 5.74) is 5.48. The molecule has 0 bridgehead atoms. The van der Waals surface area contributed by atoms with E-state index >= 15 is 0 Å². The summed E-state index contributed by atoms with van der Waals surface area (Å²) in [5.74, 6) is -0.0765. The van der Waals surface area contributed by atoms with Crippen molar-refractivity contribution in [3.63, 3.8) is 0 Å². The SMILES string of the molecule is NCCCOC1CCN(C(=O)C2CCCN2S(=O)(=O)c2ccccc2)CC1. The first-order valence-corrected chi connectivity index (χ1v) is 11.2. The molecule has 2 aliphatic rings. The molecule has 0 aliphatic carbocycles. The van der Waals surface area contributed by atoms with Gasteiger partial charge in [-0.15, -0.1) is 0 Å². The van der Waals surface area contributed by atoms with Gasteiger partial charge < -0.3 is 15.4 Å². The first-order valence-electron chi connectivity index (χ1n) is 9.71. The summed E-state index contributed by atoms with van der Waals surface area (Å²) in [5, 5.41) is 0. The van der Waals surface area contributed by atoms with Crippen molar-refractivity contribution in [3.05, 3.63) is 30.3 Å². The molecule has 1 aromatic rings. The van der Waals surface area contributed by atoms with Gasteiger partial charge in [-0.1, -0.05) is 18.2 Å². The van der Waals surface area contributed by atoms with Crippen LogP contribution in [0.1, 0.15) is 32.1 Å². The molecular weight excluding hydrogens is 366 g/mol. The molecule has 1 aromatic carbocycles. The monoisotopic (exact) mass is 395 g/mol. The second kappa shape index (κ2) is 9.14. The van der Waals surface area contributed by atoms with E-state index in [0.717, 1.165) is 19.3 Å². The summed E-state index contributed by atoms with van der Waals surface area (Å²) in [7, 11) is -3.65. The number of likely N-dealkylation sites (tertiary alicyclic amines) is 1. The Labute approximate surface area is 161 Å². The Morgan fingerprint density at radius 2 is 1.81 bits per heavy atom. The first-order chi connectivity index (χ1) is 13.0. The fraction of sp³-hybridized carbons (Fsp3) is 0.632. The number of hydrogen-bond acceptors (Lipinski definition) is 5. The van der Waals surface area contributed by atoms with Gasteiger partial charge in [-0.25, -0.2) is 8.42 Å². The number of rotatable bonds is 7. The lowest BCUT2D eigenvalue weighted by molar-refractivity contribution is -0.137. The van der Waals surface area contributed by atoms with Crippen LogP contribution in [0.4, 0.5) is 0 Å². The maximum atomic E-state index is 13.0. The van der Waals surface area contributed by atoms with Gasteiger partial charge in [0.2, 0.25) is 15.9 Å². The molecule has 8 heteroatoms. The highest BCUT2D eigenvalue weighted by Gasteiger charge is 2.41. The molecule has 0 radical (unpaired) electrons. The van der Waals surface area contributed by atoms with E-state index in [-0.39, 0.29) is 16.9 Å². The zero-order valence-corrected chi connectivity index (χ0v) is 16.4. The van der Waals surface area contributed by atoms with Gasteiger partial charge in [0.25, 0.3) is 0 Å². The summed E-state index contributed by atoms with van der Waals surface area (Å²) in [6.45, 7) is 2.89. The van der Waals surface area contributed by atoms with E-state index in [0.29, 0.717) is 45.6 Å². The van der Waals surface area contributed by atoms with E-state index in [2.05, 4.69) is 0 Å². The van der Waals surface area contributed by atoms with Crippen molar-refractivity contribution in [1.29, 1.82) is 0 Å². The lowest BCUT2D eigenvalue weighted by atomic mass is 10.1. The van der Waals surface area contributed by atoms with Crippen molar-refractivity contribution in [1.82, 2.24) is 9.21 Å². The third-order valence-corrected chi connectivity index (χ3v) is 7.22. The van der Waals surface area contributed by atoms with Crippen molar-refractivity contribution < 1.29 is 17.9 Å². The number of piperidine rings is 1. The third kappa shape index (κ3) is 4.68. The topological polar surface area (TPSA) is 92.9 Å². The first kappa shape index (κ1) is 20.3. The summed E-state index contributed by atoms with van der Waals surface area (Å²) >= 11 is 0. The predicted octanol–water partition coefficient (Wildman–Crippen LogP) is 1.20. The average molecular weight is 396 g/mol.